The summed E-state index contributed by atoms with van der Waals surface area (Å²) in [6, 6.07) is 0.572. The molecule has 4 nitrogen and oxygen atoms in total. The first-order valence-corrected chi connectivity index (χ1v) is 7.13. The molecule has 0 aromatic heterocycles. The summed E-state index contributed by atoms with van der Waals surface area (Å²) in [7, 11) is 0. The van der Waals surface area contributed by atoms with E-state index in [1.165, 1.54) is 6.42 Å². The van der Waals surface area contributed by atoms with Gasteiger partial charge < -0.3 is 5.32 Å². The molecule has 0 aromatic carbocycles. The lowest BCUT2D eigenvalue weighted by Crippen LogP contribution is -2.52. The van der Waals surface area contributed by atoms with E-state index in [-0.39, 0.29) is 23.8 Å². The summed E-state index contributed by atoms with van der Waals surface area (Å²) in [4.78, 5) is 25.6. The lowest BCUT2D eigenvalue weighted by atomic mass is 9.96. The topological polar surface area (TPSA) is 49.4 Å². The monoisotopic (exact) mass is 252 g/mol. The highest BCUT2D eigenvalue weighted by Crippen LogP contribution is 2.24. The van der Waals surface area contributed by atoms with Crippen molar-refractivity contribution in [2.75, 3.05) is 6.54 Å². The Balaban J connectivity index is 1.93. The van der Waals surface area contributed by atoms with E-state index in [9.17, 15) is 9.59 Å². The third-order valence-electron chi connectivity index (χ3n) is 4.00. The molecule has 102 valence electrons. The van der Waals surface area contributed by atoms with E-state index in [0.717, 1.165) is 32.2 Å². The number of carbonyl (C=O) groups is 2. The molecule has 0 radical (unpaired) electrons. The second-order valence-electron chi connectivity index (χ2n) is 5.75. The highest BCUT2D eigenvalue weighted by Gasteiger charge is 2.33. The van der Waals surface area contributed by atoms with Crippen molar-refractivity contribution in [3.8, 4) is 0 Å². The Morgan fingerprint density at radius 1 is 1.28 bits per heavy atom. The number of Topliss-reactive ketones (excluding diaryl/α,β-unsaturated/α-hetero) is 1. The van der Waals surface area contributed by atoms with Gasteiger partial charge in [0.25, 0.3) is 0 Å². The Bertz CT molecular complexity index is 326. The number of ketones is 1. The number of hydrogen-bond donors (Lipinski definition) is 1. The summed E-state index contributed by atoms with van der Waals surface area (Å²) < 4.78 is 0. The second-order valence-corrected chi connectivity index (χ2v) is 5.75. The summed E-state index contributed by atoms with van der Waals surface area (Å²) in [6.45, 7) is 4.55. The van der Waals surface area contributed by atoms with Gasteiger partial charge in [-0.1, -0.05) is 6.42 Å². The zero-order chi connectivity index (χ0) is 13.1. The van der Waals surface area contributed by atoms with Crippen LogP contribution in [0.2, 0.25) is 0 Å². The van der Waals surface area contributed by atoms with E-state index in [4.69, 9.17) is 0 Å². The van der Waals surface area contributed by atoms with Crippen molar-refractivity contribution in [1.82, 2.24) is 10.2 Å². The maximum absolute atomic E-state index is 12.1. The van der Waals surface area contributed by atoms with Gasteiger partial charge in [0.1, 0.15) is 5.78 Å². The predicted molar refractivity (Wildman–Crippen MR) is 70.3 cm³/mol. The van der Waals surface area contributed by atoms with Gasteiger partial charge in [0, 0.05) is 18.5 Å². The summed E-state index contributed by atoms with van der Waals surface area (Å²) in [5.74, 6) is 0.356. The van der Waals surface area contributed by atoms with Gasteiger partial charge in [-0.05, 0) is 46.1 Å². The number of carbonyl (C=O) groups excluding carboxylic acids is 2. The number of amides is 1. The quantitative estimate of drug-likeness (QED) is 0.806. The Kier molecular flexibility index (Phi) is 4.38. The van der Waals surface area contributed by atoms with Crippen LogP contribution in [0.3, 0.4) is 0 Å². The number of nitrogens with one attached hydrogen (secondary N) is 1. The fraction of sp³-hybridized carbons (Fsp3) is 0.857. The van der Waals surface area contributed by atoms with E-state index >= 15 is 0 Å². The van der Waals surface area contributed by atoms with Crippen LogP contribution in [0.25, 0.3) is 0 Å². The van der Waals surface area contributed by atoms with Crippen LogP contribution in [0.4, 0.5) is 0 Å². The molecule has 1 aliphatic carbocycles. The first-order valence-electron chi connectivity index (χ1n) is 7.13. The third-order valence-corrected chi connectivity index (χ3v) is 4.00. The maximum atomic E-state index is 12.1. The van der Waals surface area contributed by atoms with Crippen LogP contribution in [0.1, 0.15) is 52.4 Å². The molecule has 1 aliphatic heterocycles. The van der Waals surface area contributed by atoms with E-state index in [2.05, 4.69) is 10.2 Å². The molecule has 2 unspecified atom stereocenters. The molecule has 4 heteroatoms. The fourth-order valence-corrected chi connectivity index (χ4v) is 2.78. The van der Waals surface area contributed by atoms with Crippen LogP contribution in [0.5, 0.6) is 0 Å². The van der Waals surface area contributed by atoms with Gasteiger partial charge in [-0.2, -0.15) is 0 Å². The molecule has 1 heterocycles. The fourth-order valence-electron chi connectivity index (χ4n) is 2.78. The normalized spacial score (nSPS) is 26.7. The molecule has 0 aromatic rings. The van der Waals surface area contributed by atoms with Gasteiger partial charge in [-0.25, -0.2) is 0 Å². The van der Waals surface area contributed by atoms with Crippen LogP contribution in [0, 0.1) is 0 Å². The van der Waals surface area contributed by atoms with E-state index in [1.54, 1.807) is 6.92 Å². The van der Waals surface area contributed by atoms with Gasteiger partial charge in [0.15, 0.2) is 0 Å². The molecular weight excluding hydrogens is 228 g/mol. The molecule has 1 N–H and O–H groups in total. The standard InChI is InChI=1S/C14H24N2O2/c1-10(17)9-13-5-3-4-8-16(13)11(2)14(18)15-12-6-7-12/h11-13H,3-9H2,1-2H3,(H,15,18). The molecule has 0 spiro atoms. The molecular formula is C14H24N2O2. The minimum atomic E-state index is -0.102. The van der Waals surface area contributed by atoms with Crippen LogP contribution in [0.15, 0.2) is 0 Å². The van der Waals surface area contributed by atoms with Gasteiger partial charge in [0.2, 0.25) is 5.91 Å². The average Bonchev–Trinajstić information content (AvgIpc) is 3.12. The van der Waals surface area contributed by atoms with Crippen LogP contribution in [-0.2, 0) is 9.59 Å². The maximum Gasteiger partial charge on any atom is 0.237 e. The summed E-state index contributed by atoms with van der Waals surface area (Å²) in [5.41, 5.74) is 0. The SMILES string of the molecule is CC(=O)CC1CCCCN1C(C)C(=O)NC1CC1. The molecule has 2 aliphatic rings. The smallest absolute Gasteiger partial charge is 0.237 e. The van der Waals surface area contributed by atoms with Gasteiger partial charge in [-0.3, -0.25) is 14.5 Å². The van der Waals surface area contributed by atoms with E-state index in [1.807, 2.05) is 6.92 Å². The van der Waals surface area contributed by atoms with E-state index in [0.29, 0.717) is 12.5 Å². The van der Waals surface area contributed by atoms with Crippen molar-refractivity contribution in [1.29, 1.82) is 0 Å². The lowest BCUT2D eigenvalue weighted by molar-refractivity contribution is -0.129. The lowest BCUT2D eigenvalue weighted by Gasteiger charge is -2.38. The molecule has 18 heavy (non-hydrogen) atoms. The zero-order valence-corrected chi connectivity index (χ0v) is 11.4. The number of piperidine rings is 1. The van der Waals surface area contributed by atoms with E-state index < -0.39 is 0 Å². The Morgan fingerprint density at radius 2 is 2.00 bits per heavy atom. The minimum absolute atomic E-state index is 0.102. The van der Waals surface area contributed by atoms with Gasteiger partial charge in [0.05, 0.1) is 6.04 Å². The highest BCUT2D eigenvalue weighted by atomic mass is 16.2. The molecule has 2 fully saturated rings. The van der Waals surface area contributed by atoms with Crippen LogP contribution < -0.4 is 5.32 Å². The Morgan fingerprint density at radius 3 is 2.61 bits per heavy atom. The summed E-state index contributed by atoms with van der Waals surface area (Å²) in [5, 5.41) is 3.06. The number of hydrogen-bond acceptors (Lipinski definition) is 3. The Hall–Kier alpha value is -0.900. The number of likely N-dealkylation sites (tertiary alicyclic amines) is 1. The summed E-state index contributed by atoms with van der Waals surface area (Å²) >= 11 is 0. The summed E-state index contributed by atoms with van der Waals surface area (Å²) in [6.07, 6.45) is 6.17. The Labute approximate surface area is 109 Å². The van der Waals surface area contributed by atoms with Gasteiger partial charge >= 0.3 is 0 Å². The number of rotatable bonds is 5. The number of nitrogens with zero attached hydrogens (tertiary/aromatic N) is 1. The zero-order valence-electron chi connectivity index (χ0n) is 11.4. The second kappa shape index (κ2) is 5.83. The highest BCUT2D eigenvalue weighted by molar-refractivity contribution is 5.82. The van der Waals surface area contributed by atoms with Crippen molar-refractivity contribution < 1.29 is 9.59 Å². The van der Waals surface area contributed by atoms with Crippen LogP contribution >= 0.6 is 0 Å². The minimum Gasteiger partial charge on any atom is -0.352 e. The van der Waals surface area contributed by atoms with Crippen molar-refractivity contribution in [2.45, 2.75) is 70.5 Å². The van der Waals surface area contributed by atoms with Crippen molar-refractivity contribution in [2.24, 2.45) is 0 Å². The molecule has 0 bridgehead atoms. The predicted octanol–water partition coefficient (Wildman–Crippen LogP) is 1.49. The molecule has 2 rings (SSSR count). The van der Waals surface area contributed by atoms with Crippen molar-refractivity contribution >= 4 is 11.7 Å². The van der Waals surface area contributed by atoms with Gasteiger partial charge in [-0.15, -0.1) is 0 Å². The third kappa shape index (κ3) is 3.55. The van der Waals surface area contributed by atoms with Crippen molar-refractivity contribution in [3.05, 3.63) is 0 Å². The molecule has 1 saturated carbocycles. The average molecular weight is 252 g/mol. The molecule has 1 amide bonds. The first-order chi connectivity index (χ1) is 8.58. The first kappa shape index (κ1) is 13.5. The van der Waals surface area contributed by atoms with Crippen molar-refractivity contribution in [3.63, 3.8) is 0 Å². The largest absolute Gasteiger partial charge is 0.352 e. The van der Waals surface area contributed by atoms with Crippen LogP contribution in [-0.4, -0.2) is 41.3 Å². The molecule has 1 saturated heterocycles. The molecule has 2 atom stereocenters.